The molecule has 8 nitrogen and oxygen atoms in total. The molecule has 0 unspecified atom stereocenters. The fraction of sp³-hybridized carbons (Fsp3) is 0.364. The third-order valence-corrected chi connectivity index (χ3v) is 3.50. The molecule has 20 heavy (non-hydrogen) atoms. The fourth-order valence-corrected chi connectivity index (χ4v) is 2.22. The molecule has 0 heterocycles. The molecule has 0 aliphatic heterocycles. The Labute approximate surface area is 117 Å². The van der Waals surface area contributed by atoms with Gasteiger partial charge in [0.15, 0.2) is 5.84 Å². The van der Waals surface area contributed by atoms with Crippen molar-refractivity contribution in [1.29, 1.82) is 0 Å². The zero-order valence-electron chi connectivity index (χ0n) is 11.0. The van der Waals surface area contributed by atoms with E-state index in [9.17, 15) is 8.42 Å². The third kappa shape index (κ3) is 5.53. The SMILES string of the molecule is COCCNS(=O)(=O)NCc1cccc(/C(N)=N/O)c1. The van der Waals surface area contributed by atoms with E-state index in [2.05, 4.69) is 14.6 Å². The van der Waals surface area contributed by atoms with Crippen LogP contribution in [0.3, 0.4) is 0 Å². The highest BCUT2D eigenvalue weighted by Gasteiger charge is 2.08. The second kappa shape index (κ2) is 7.80. The lowest BCUT2D eigenvalue weighted by Gasteiger charge is -2.08. The van der Waals surface area contributed by atoms with E-state index in [1.165, 1.54) is 7.11 Å². The number of rotatable bonds is 8. The van der Waals surface area contributed by atoms with Gasteiger partial charge in [-0.1, -0.05) is 23.4 Å². The first kappa shape index (κ1) is 16.4. The lowest BCUT2D eigenvalue weighted by molar-refractivity contribution is 0.204. The summed E-state index contributed by atoms with van der Waals surface area (Å²) in [7, 11) is -2.10. The highest BCUT2D eigenvalue weighted by Crippen LogP contribution is 2.05. The van der Waals surface area contributed by atoms with Crippen molar-refractivity contribution in [3.8, 4) is 0 Å². The summed E-state index contributed by atoms with van der Waals surface area (Å²) in [5.74, 6) is -0.0343. The normalized spacial score (nSPS) is 12.6. The third-order valence-electron chi connectivity index (χ3n) is 2.40. The van der Waals surface area contributed by atoms with Gasteiger partial charge in [0.1, 0.15) is 0 Å². The van der Waals surface area contributed by atoms with E-state index in [0.717, 1.165) is 0 Å². The van der Waals surface area contributed by atoms with Crippen molar-refractivity contribution in [1.82, 2.24) is 9.44 Å². The Bertz CT molecular complexity index is 559. The summed E-state index contributed by atoms with van der Waals surface area (Å²) in [6, 6.07) is 6.71. The van der Waals surface area contributed by atoms with Crippen molar-refractivity contribution >= 4 is 16.0 Å². The predicted octanol–water partition coefficient (Wildman–Crippen LogP) is -0.648. The summed E-state index contributed by atoms with van der Waals surface area (Å²) in [6.45, 7) is 0.574. The van der Waals surface area contributed by atoms with Crippen LogP contribution in [0.2, 0.25) is 0 Å². The number of benzene rings is 1. The van der Waals surface area contributed by atoms with Gasteiger partial charge in [-0.05, 0) is 11.6 Å². The first-order valence-corrected chi connectivity index (χ1v) is 7.27. The summed E-state index contributed by atoms with van der Waals surface area (Å²) in [6.07, 6.45) is 0. The van der Waals surface area contributed by atoms with Gasteiger partial charge >= 0.3 is 0 Å². The van der Waals surface area contributed by atoms with Crippen molar-refractivity contribution in [2.45, 2.75) is 6.54 Å². The predicted molar refractivity (Wildman–Crippen MR) is 74.6 cm³/mol. The molecule has 0 saturated carbocycles. The lowest BCUT2D eigenvalue weighted by Crippen LogP contribution is -2.37. The van der Waals surface area contributed by atoms with Gasteiger partial charge in [-0.25, -0.2) is 0 Å². The van der Waals surface area contributed by atoms with Crippen molar-refractivity contribution < 1.29 is 18.4 Å². The van der Waals surface area contributed by atoms with Crippen LogP contribution in [0.15, 0.2) is 29.4 Å². The number of methoxy groups -OCH3 is 1. The summed E-state index contributed by atoms with van der Waals surface area (Å²) < 4.78 is 32.6. The Kier molecular flexibility index (Phi) is 6.39. The minimum atomic E-state index is -3.58. The van der Waals surface area contributed by atoms with Gasteiger partial charge in [-0.2, -0.15) is 17.9 Å². The Morgan fingerprint density at radius 3 is 2.85 bits per heavy atom. The molecule has 1 aromatic carbocycles. The fourth-order valence-electron chi connectivity index (χ4n) is 1.41. The summed E-state index contributed by atoms with van der Waals surface area (Å²) in [4.78, 5) is 0. The van der Waals surface area contributed by atoms with Crippen LogP contribution in [0.1, 0.15) is 11.1 Å². The summed E-state index contributed by atoms with van der Waals surface area (Å²) >= 11 is 0. The van der Waals surface area contributed by atoms with Gasteiger partial charge in [0.05, 0.1) is 6.61 Å². The highest BCUT2D eigenvalue weighted by molar-refractivity contribution is 7.87. The van der Waals surface area contributed by atoms with Crippen molar-refractivity contribution in [3.05, 3.63) is 35.4 Å². The topological polar surface area (TPSA) is 126 Å². The van der Waals surface area contributed by atoms with Crippen molar-refractivity contribution in [3.63, 3.8) is 0 Å². The number of nitrogens with one attached hydrogen (secondary N) is 2. The molecule has 0 atom stereocenters. The maximum absolute atomic E-state index is 11.6. The van der Waals surface area contributed by atoms with E-state index < -0.39 is 10.2 Å². The van der Waals surface area contributed by atoms with E-state index in [4.69, 9.17) is 15.7 Å². The zero-order valence-corrected chi connectivity index (χ0v) is 11.9. The van der Waals surface area contributed by atoms with Crippen LogP contribution in [0, 0.1) is 0 Å². The Morgan fingerprint density at radius 2 is 2.20 bits per heavy atom. The number of ether oxygens (including phenoxy) is 1. The van der Waals surface area contributed by atoms with Gasteiger partial charge in [0.2, 0.25) is 0 Å². The molecule has 0 aliphatic carbocycles. The van der Waals surface area contributed by atoms with E-state index in [0.29, 0.717) is 17.7 Å². The van der Waals surface area contributed by atoms with E-state index >= 15 is 0 Å². The zero-order chi connectivity index (χ0) is 15.0. The molecule has 0 radical (unpaired) electrons. The van der Waals surface area contributed by atoms with Gasteiger partial charge in [-0.3, -0.25) is 0 Å². The maximum atomic E-state index is 11.6. The van der Waals surface area contributed by atoms with Crippen LogP contribution < -0.4 is 15.2 Å². The van der Waals surface area contributed by atoms with Gasteiger partial charge < -0.3 is 15.7 Å². The molecule has 9 heteroatoms. The Balaban J connectivity index is 2.61. The summed E-state index contributed by atoms with van der Waals surface area (Å²) in [5, 5.41) is 11.5. The molecular weight excluding hydrogens is 284 g/mol. The smallest absolute Gasteiger partial charge is 0.277 e. The second-order valence-electron chi connectivity index (χ2n) is 3.90. The molecule has 0 saturated heterocycles. The van der Waals surface area contributed by atoms with Crippen LogP contribution in [-0.2, 0) is 21.5 Å². The molecule has 5 N–H and O–H groups in total. The highest BCUT2D eigenvalue weighted by atomic mass is 32.2. The Hall–Kier alpha value is -1.68. The average Bonchev–Trinajstić information content (AvgIpc) is 2.45. The number of hydrogen-bond acceptors (Lipinski definition) is 5. The molecule has 1 rings (SSSR count). The van der Waals surface area contributed by atoms with E-state index in [1.54, 1.807) is 24.3 Å². The van der Waals surface area contributed by atoms with E-state index in [1.807, 2.05) is 0 Å². The number of nitrogens with two attached hydrogens (primary N) is 1. The number of hydrogen-bond donors (Lipinski definition) is 4. The van der Waals surface area contributed by atoms with Gasteiger partial charge in [-0.15, -0.1) is 0 Å². The quantitative estimate of drug-likeness (QED) is 0.167. The van der Waals surface area contributed by atoms with Crippen LogP contribution in [-0.4, -0.2) is 39.7 Å². The first-order valence-electron chi connectivity index (χ1n) is 5.78. The largest absolute Gasteiger partial charge is 0.409 e. The molecule has 0 fully saturated rings. The molecule has 1 aromatic rings. The van der Waals surface area contributed by atoms with Crippen molar-refractivity contribution in [2.75, 3.05) is 20.3 Å². The molecule has 112 valence electrons. The first-order chi connectivity index (χ1) is 9.48. The average molecular weight is 302 g/mol. The number of nitrogens with zero attached hydrogens (tertiary/aromatic N) is 1. The standard InChI is InChI=1S/C11H18N4O4S/c1-19-6-5-13-20(17,18)14-8-9-3-2-4-10(7-9)11(12)15-16/h2-4,7,13-14,16H,5-6,8H2,1H3,(H2,12,15). The number of amidine groups is 1. The Morgan fingerprint density at radius 1 is 1.45 bits per heavy atom. The molecule has 0 spiro atoms. The minimum absolute atomic E-state index is 0.0343. The van der Waals surface area contributed by atoms with Crippen LogP contribution >= 0.6 is 0 Å². The van der Waals surface area contributed by atoms with Crippen LogP contribution in [0.4, 0.5) is 0 Å². The van der Waals surface area contributed by atoms with Gasteiger partial charge in [0, 0.05) is 25.8 Å². The molecular formula is C11H18N4O4S. The van der Waals surface area contributed by atoms with E-state index in [-0.39, 0.29) is 18.9 Å². The maximum Gasteiger partial charge on any atom is 0.277 e. The molecule has 0 bridgehead atoms. The van der Waals surface area contributed by atoms with Crippen LogP contribution in [0.25, 0.3) is 0 Å². The molecule has 0 aromatic heterocycles. The number of oxime groups is 1. The minimum Gasteiger partial charge on any atom is -0.409 e. The van der Waals surface area contributed by atoms with Crippen molar-refractivity contribution in [2.24, 2.45) is 10.9 Å². The molecule has 0 aliphatic rings. The summed E-state index contributed by atoms with van der Waals surface area (Å²) in [5.41, 5.74) is 6.66. The molecule has 0 amide bonds. The second-order valence-corrected chi connectivity index (χ2v) is 5.48. The lowest BCUT2D eigenvalue weighted by atomic mass is 10.1. The van der Waals surface area contributed by atoms with Gasteiger partial charge in [0.25, 0.3) is 10.2 Å². The van der Waals surface area contributed by atoms with Crippen LogP contribution in [0.5, 0.6) is 0 Å². The monoisotopic (exact) mass is 302 g/mol.